The van der Waals surface area contributed by atoms with E-state index in [1.807, 2.05) is 0 Å². The number of aromatic carboxylic acids is 1. The SMILES string of the molecule is Nc1ccc2c(-c3c(Cl)ccc(Cl)c3C(=O)O)c3ccc(=NO)cc-3oc2c1. The van der Waals surface area contributed by atoms with Gasteiger partial charge in [-0.3, -0.25) is 0 Å². The van der Waals surface area contributed by atoms with Crippen LogP contribution in [0, 0.1) is 0 Å². The molecule has 4 N–H and O–H groups in total. The molecule has 0 bridgehead atoms. The zero-order valence-electron chi connectivity index (χ0n) is 14.1. The van der Waals surface area contributed by atoms with Gasteiger partial charge < -0.3 is 20.5 Å². The number of nitrogens with zero attached hydrogens (tertiary/aromatic N) is 1. The van der Waals surface area contributed by atoms with Crippen molar-refractivity contribution in [3.8, 4) is 22.5 Å². The molecule has 1 aliphatic carbocycles. The molecular formula is C20H12Cl2N2O4. The van der Waals surface area contributed by atoms with Crippen LogP contribution in [-0.2, 0) is 0 Å². The van der Waals surface area contributed by atoms with Crippen LogP contribution in [-0.4, -0.2) is 16.3 Å². The minimum absolute atomic E-state index is 0.0615. The molecule has 2 aromatic carbocycles. The van der Waals surface area contributed by atoms with E-state index in [4.69, 9.17) is 38.6 Å². The van der Waals surface area contributed by atoms with Crippen molar-refractivity contribution in [1.82, 2.24) is 0 Å². The third-order valence-corrected chi connectivity index (χ3v) is 5.04. The maximum Gasteiger partial charge on any atom is 0.337 e. The molecule has 0 atom stereocenters. The van der Waals surface area contributed by atoms with Crippen LogP contribution in [0.15, 0.2) is 58.1 Å². The molecule has 1 heterocycles. The molecule has 0 saturated heterocycles. The highest BCUT2D eigenvalue weighted by Gasteiger charge is 2.25. The second-order valence-electron chi connectivity index (χ2n) is 6.10. The monoisotopic (exact) mass is 414 g/mol. The first-order valence-electron chi connectivity index (χ1n) is 8.06. The number of hydrogen-bond donors (Lipinski definition) is 3. The van der Waals surface area contributed by atoms with Crippen LogP contribution >= 0.6 is 23.2 Å². The highest BCUT2D eigenvalue weighted by molar-refractivity contribution is 6.39. The van der Waals surface area contributed by atoms with E-state index in [0.29, 0.717) is 33.5 Å². The van der Waals surface area contributed by atoms with Gasteiger partial charge in [-0.15, -0.1) is 0 Å². The first-order chi connectivity index (χ1) is 13.4. The quantitative estimate of drug-likeness (QED) is 0.183. The van der Waals surface area contributed by atoms with Crippen molar-refractivity contribution in [2.45, 2.75) is 0 Å². The number of benzene rings is 3. The Morgan fingerprint density at radius 3 is 2.46 bits per heavy atom. The lowest BCUT2D eigenvalue weighted by molar-refractivity contribution is 0.0698. The minimum Gasteiger partial charge on any atom is -0.478 e. The number of carboxylic acid groups (broad SMARTS) is 1. The second kappa shape index (κ2) is 6.74. The molecule has 6 nitrogen and oxygen atoms in total. The van der Waals surface area contributed by atoms with E-state index in [-0.39, 0.29) is 26.5 Å². The number of halogens is 2. The predicted octanol–water partition coefficient (Wildman–Crippen LogP) is 5.08. The summed E-state index contributed by atoms with van der Waals surface area (Å²) in [5.74, 6) is -0.835. The lowest BCUT2D eigenvalue weighted by Crippen LogP contribution is -2.05. The van der Waals surface area contributed by atoms with Crippen LogP contribution in [0.4, 0.5) is 5.69 Å². The number of carbonyl (C=O) groups is 1. The van der Waals surface area contributed by atoms with Gasteiger partial charge in [0.1, 0.15) is 16.7 Å². The summed E-state index contributed by atoms with van der Waals surface area (Å²) in [7, 11) is 0. The lowest BCUT2D eigenvalue weighted by atomic mass is 9.90. The summed E-state index contributed by atoms with van der Waals surface area (Å²) in [4.78, 5) is 12.0. The van der Waals surface area contributed by atoms with Gasteiger partial charge in [0.15, 0.2) is 0 Å². The second-order valence-corrected chi connectivity index (χ2v) is 6.91. The summed E-state index contributed by atoms with van der Waals surface area (Å²) in [5, 5.41) is 23.2. The summed E-state index contributed by atoms with van der Waals surface area (Å²) in [6, 6.07) is 12.8. The van der Waals surface area contributed by atoms with E-state index >= 15 is 0 Å². The molecule has 0 fully saturated rings. The molecule has 2 aliphatic rings. The smallest absolute Gasteiger partial charge is 0.337 e. The lowest BCUT2D eigenvalue weighted by Gasteiger charge is -2.18. The first-order valence-corrected chi connectivity index (χ1v) is 8.82. The predicted molar refractivity (Wildman–Crippen MR) is 107 cm³/mol. The fraction of sp³-hybridized carbons (Fsp3) is 0. The van der Waals surface area contributed by atoms with Gasteiger partial charge in [0, 0.05) is 44.9 Å². The van der Waals surface area contributed by atoms with Crippen LogP contribution in [0.3, 0.4) is 0 Å². The number of hydrogen-bond acceptors (Lipinski definition) is 5. The molecule has 2 aromatic rings. The van der Waals surface area contributed by atoms with Gasteiger partial charge in [0.2, 0.25) is 0 Å². The Morgan fingerprint density at radius 2 is 1.75 bits per heavy atom. The maximum atomic E-state index is 12.0. The van der Waals surface area contributed by atoms with Crippen molar-refractivity contribution in [2.75, 3.05) is 5.73 Å². The van der Waals surface area contributed by atoms with Gasteiger partial charge in [0.25, 0.3) is 0 Å². The molecule has 0 spiro atoms. The van der Waals surface area contributed by atoms with Crippen molar-refractivity contribution in [1.29, 1.82) is 0 Å². The number of anilines is 1. The van der Waals surface area contributed by atoms with Crippen LogP contribution in [0.5, 0.6) is 0 Å². The van der Waals surface area contributed by atoms with E-state index in [9.17, 15) is 9.90 Å². The van der Waals surface area contributed by atoms with Gasteiger partial charge in [-0.2, -0.15) is 0 Å². The van der Waals surface area contributed by atoms with E-state index in [1.54, 1.807) is 36.4 Å². The minimum atomic E-state index is -1.21. The fourth-order valence-corrected chi connectivity index (χ4v) is 3.72. The van der Waals surface area contributed by atoms with Gasteiger partial charge in [0.05, 0.1) is 10.6 Å². The molecule has 28 heavy (non-hydrogen) atoms. The molecule has 0 saturated carbocycles. The highest BCUT2D eigenvalue weighted by Crippen LogP contribution is 2.45. The average Bonchev–Trinajstić information content (AvgIpc) is 2.67. The fourth-order valence-electron chi connectivity index (χ4n) is 3.23. The number of nitrogen functional groups attached to an aromatic ring is 1. The molecule has 1 aliphatic heterocycles. The van der Waals surface area contributed by atoms with Crippen LogP contribution in [0.2, 0.25) is 10.0 Å². The first kappa shape index (κ1) is 18.2. The van der Waals surface area contributed by atoms with E-state index in [0.717, 1.165) is 0 Å². The van der Waals surface area contributed by atoms with Gasteiger partial charge in [-0.1, -0.05) is 28.4 Å². The highest BCUT2D eigenvalue weighted by atomic mass is 35.5. The Morgan fingerprint density at radius 1 is 1.00 bits per heavy atom. The Labute approximate surface area is 168 Å². The van der Waals surface area contributed by atoms with E-state index < -0.39 is 5.97 Å². The van der Waals surface area contributed by atoms with Crippen molar-refractivity contribution in [3.63, 3.8) is 0 Å². The molecule has 0 radical (unpaired) electrons. The van der Waals surface area contributed by atoms with E-state index in [1.165, 1.54) is 12.1 Å². The molecule has 4 rings (SSSR count). The largest absolute Gasteiger partial charge is 0.478 e. The van der Waals surface area contributed by atoms with Crippen molar-refractivity contribution in [3.05, 3.63) is 69.5 Å². The topological polar surface area (TPSA) is 109 Å². The van der Waals surface area contributed by atoms with Crippen LogP contribution in [0.1, 0.15) is 10.4 Å². The number of fused-ring (bicyclic) bond motifs is 2. The zero-order valence-corrected chi connectivity index (χ0v) is 15.6. The van der Waals surface area contributed by atoms with Gasteiger partial charge in [-0.25, -0.2) is 4.79 Å². The van der Waals surface area contributed by atoms with Crippen molar-refractivity contribution < 1.29 is 19.5 Å². The number of carboxylic acids is 1. The molecule has 0 amide bonds. The Kier molecular flexibility index (Phi) is 4.37. The van der Waals surface area contributed by atoms with Crippen molar-refractivity contribution >= 4 is 45.8 Å². The van der Waals surface area contributed by atoms with Crippen LogP contribution < -0.4 is 11.1 Å². The Hall–Kier alpha value is -3.22. The number of rotatable bonds is 2. The summed E-state index contributed by atoms with van der Waals surface area (Å²) in [6.45, 7) is 0. The third kappa shape index (κ3) is 2.83. The summed E-state index contributed by atoms with van der Waals surface area (Å²) >= 11 is 12.6. The number of nitrogens with two attached hydrogens (primary N) is 1. The molecule has 8 heteroatoms. The van der Waals surface area contributed by atoms with Crippen LogP contribution in [0.25, 0.3) is 33.4 Å². The normalized spacial score (nSPS) is 12.0. The molecule has 0 unspecified atom stereocenters. The zero-order chi connectivity index (χ0) is 20.0. The molecule has 0 aromatic heterocycles. The summed E-state index contributed by atoms with van der Waals surface area (Å²) in [6.07, 6.45) is 0. The molecular weight excluding hydrogens is 403 g/mol. The maximum absolute atomic E-state index is 12.0. The molecule has 140 valence electrons. The standard InChI is InChI=1S/C20H12Cl2N2O4/c21-13-5-6-14(22)19(20(25)26)18(13)17-11-3-1-9(23)7-15(11)28-16-8-10(24-27)2-4-12(16)17/h1-8,27H,23H2,(H,25,26). The Bertz CT molecular complexity index is 1300. The average molecular weight is 415 g/mol. The third-order valence-electron chi connectivity index (χ3n) is 4.41. The summed E-state index contributed by atoms with van der Waals surface area (Å²) in [5.41, 5.74) is 8.05. The Balaban J connectivity index is 2.27. The van der Waals surface area contributed by atoms with E-state index in [2.05, 4.69) is 5.16 Å². The van der Waals surface area contributed by atoms with Gasteiger partial charge in [-0.05, 0) is 36.4 Å². The van der Waals surface area contributed by atoms with Crippen molar-refractivity contribution in [2.24, 2.45) is 5.16 Å². The summed E-state index contributed by atoms with van der Waals surface area (Å²) < 4.78 is 5.93. The van der Waals surface area contributed by atoms with Gasteiger partial charge >= 0.3 is 5.97 Å².